The van der Waals surface area contributed by atoms with Crippen LogP contribution in [0.4, 0.5) is 5.13 Å². The minimum Gasteiger partial charge on any atom is -0.301 e. The monoisotopic (exact) mass is 449 g/mol. The maximum atomic E-state index is 13.7. The van der Waals surface area contributed by atoms with Crippen molar-refractivity contribution in [1.29, 1.82) is 0 Å². The smallest absolute Gasteiger partial charge is 0.244 e. The van der Waals surface area contributed by atoms with E-state index < -0.39 is 16.1 Å². The lowest BCUT2D eigenvalue weighted by Gasteiger charge is -2.34. The molecule has 1 aliphatic rings. The molecule has 0 saturated heterocycles. The van der Waals surface area contributed by atoms with E-state index in [1.807, 2.05) is 48.5 Å². The average Bonchev–Trinajstić information content (AvgIpc) is 3.31. The molecule has 0 spiro atoms. The normalized spacial score (nSPS) is 16.7. The fraction of sp³-hybridized carbons (Fsp3) is 0.130. The van der Waals surface area contributed by atoms with Crippen LogP contribution in [-0.2, 0) is 27.8 Å². The SMILES string of the molecule is O=C(Nc1nccs1)C1Cc2ccccc2CN1S(=O)(=O)c1ccc2ccccc2c1. The summed E-state index contributed by atoms with van der Waals surface area (Å²) in [5.74, 6) is -0.381. The molecule has 0 aliphatic carbocycles. The molecule has 0 bridgehead atoms. The number of carbonyl (C=O) groups excluding carboxylic acids is 1. The summed E-state index contributed by atoms with van der Waals surface area (Å²) in [4.78, 5) is 17.4. The first-order valence-corrected chi connectivity index (χ1v) is 12.1. The molecule has 0 fully saturated rings. The Labute approximate surface area is 184 Å². The van der Waals surface area contributed by atoms with Gasteiger partial charge in [-0.15, -0.1) is 11.3 Å². The predicted octanol–water partition coefficient (Wildman–Crippen LogP) is 4.05. The van der Waals surface area contributed by atoms with Crippen molar-refractivity contribution < 1.29 is 13.2 Å². The number of rotatable bonds is 4. The summed E-state index contributed by atoms with van der Waals surface area (Å²) < 4.78 is 28.7. The van der Waals surface area contributed by atoms with Crippen molar-refractivity contribution in [2.75, 3.05) is 5.32 Å². The van der Waals surface area contributed by atoms with Crippen LogP contribution in [0.25, 0.3) is 10.8 Å². The van der Waals surface area contributed by atoms with Crippen LogP contribution in [0.2, 0.25) is 0 Å². The molecule has 1 aliphatic heterocycles. The first-order chi connectivity index (χ1) is 15.0. The van der Waals surface area contributed by atoms with Gasteiger partial charge in [0, 0.05) is 18.1 Å². The minimum absolute atomic E-state index is 0.140. The van der Waals surface area contributed by atoms with Gasteiger partial charge in [-0.25, -0.2) is 13.4 Å². The lowest BCUT2D eigenvalue weighted by atomic mass is 9.95. The third-order valence-electron chi connectivity index (χ3n) is 5.50. The third-order valence-corrected chi connectivity index (χ3v) is 8.04. The van der Waals surface area contributed by atoms with Gasteiger partial charge in [0.25, 0.3) is 0 Å². The molecule has 2 heterocycles. The topological polar surface area (TPSA) is 79.4 Å². The van der Waals surface area contributed by atoms with Gasteiger partial charge < -0.3 is 5.32 Å². The van der Waals surface area contributed by atoms with E-state index >= 15 is 0 Å². The molecule has 1 unspecified atom stereocenters. The van der Waals surface area contributed by atoms with Gasteiger partial charge in [-0.3, -0.25) is 4.79 Å². The second-order valence-corrected chi connectivity index (χ2v) is 10.2. The number of amides is 1. The Hall–Kier alpha value is -3.07. The lowest BCUT2D eigenvalue weighted by molar-refractivity contribution is -0.120. The summed E-state index contributed by atoms with van der Waals surface area (Å²) in [6.07, 6.45) is 1.90. The number of aromatic nitrogens is 1. The molecule has 1 N–H and O–H groups in total. The van der Waals surface area contributed by atoms with Crippen molar-refractivity contribution in [2.45, 2.75) is 23.9 Å². The molecule has 3 aromatic carbocycles. The maximum Gasteiger partial charge on any atom is 0.244 e. The zero-order valence-corrected chi connectivity index (χ0v) is 18.1. The number of hydrogen-bond donors (Lipinski definition) is 1. The summed E-state index contributed by atoms with van der Waals surface area (Å²) in [6, 6.07) is 19.5. The van der Waals surface area contributed by atoms with Crippen LogP contribution in [0.3, 0.4) is 0 Å². The van der Waals surface area contributed by atoms with Crippen LogP contribution in [0.15, 0.2) is 83.2 Å². The van der Waals surface area contributed by atoms with Gasteiger partial charge in [-0.1, -0.05) is 54.6 Å². The minimum atomic E-state index is -3.91. The van der Waals surface area contributed by atoms with Crippen molar-refractivity contribution in [1.82, 2.24) is 9.29 Å². The number of nitrogens with one attached hydrogen (secondary N) is 1. The number of thiazole rings is 1. The van der Waals surface area contributed by atoms with Gasteiger partial charge in [0.05, 0.1) is 4.90 Å². The van der Waals surface area contributed by atoms with Crippen molar-refractivity contribution >= 4 is 43.2 Å². The zero-order valence-electron chi connectivity index (χ0n) is 16.4. The highest BCUT2D eigenvalue weighted by atomic mass is 32.2. The molecule has 1 atom stereocenters. The number of anilines is 1. The van der Waals surface area contributed by atoms with E-state index in [1.54, 1.807) is 29.8 Å². The van der Waals surface area contributed by atoms with E-state index in [0.717, 1.165) is 21.9 Å². The number of sulfonamides is 1. The summed E-state index contributed by atoms with van der Waals surface area (Å²) in [6.45, 7) is 0.140. The molecule has 0 saturated carbocycles. The number of hydrogen-bond acceptors (Lipinski definition) is 5. The molecular weight excluding hydrogens is 430 g/mol. The number of carbonyl (C=O) groups is 1. The molecule has 1 amide bonds. The molecule has 156 valence electrons. The van der Waals surface area contributed by atoms with Crippen molar-refractivity contribution in [2.24, 2.45) is 0 Å². The standard InChI is InChI=1S/C23H19N3O3S2/c27-22(25-23-24-11-12-30-23)21-14-18-7-3-4-8-19(18)15-26(21)31(28,29)20-10-9-16-5-1-2-6-17(16)13-20/h1-13,21H,14-15H2,(H,24,25,27). The average molecular weight is 450 g/mol. The molecule has 4 aromatic rings. The number of fused-ring (bicyclic) bond motifs is 2. The van der Waals surface area contributed by atoms with Crippen molar-refractivity contribution in [3.63, 3.8) is 0 Å². The Morgan fingerprint density at radius 2 is 1.74 bits per heavy atom. The summed E-state index contributed by atoms with van der Waals surface area (Å²) in [5.41, 5.74) is 1.89. The highest BCUT2D eigenvalue weighted by Crippen LogP contribution is 2.31. The lowest BCUT2D eigenvalue weighted by Crippen LogP contribution is -2.50. The first-order valence-electron chi connectivity index (χ1n) is 9.80. The van der Waals surface area contributed by atoms with Gasteiger partial charge >= 0.3 is 0 Å². The van der Waals surface area contributed by atoms with Gasteiger partial charge in [-0.2, -0.15) is 4.31 Å². The van der Waals surface area contributed by atoms with E-state index in [0.29, 0.717) is 11.6 Å². The van der Waals surface area contributed by atoms with E-state index in [-0.39, 0.29) is 17.3 Å². The summed E-state index contributed by atoms with van der Waals surface area (Å²) in [7, 11) is -3.91. The second-order valence-electron chi connectivity index (χ2n) is 7.37. The molecule has 0 radical (unpaired) electrons. The fourth-order valence-electron chi connectivity index (χ4n) is 3.91. The van der Waals surface area contributed by atoms with Gasteiger partial charge in [0.1, 0.15) is 6.04 Å². The largest absolute Gasteiger partial charge is 0.301 e. The summed E-state index contributed by atoms with van der Waals surface area (Å²) in [5, 5.41) is 6.78. The van der Waals surface area contributed by atoms with Gasteiger partial charge in [-0.05, 0) is 40.5 Å². The Balaban J connectivity index is 1.56. The molecule has 8 heteroatoms. The van der Waals surface area contributed by atoms with Crippen molar-refractivity contribution in [3.05, 3.63) is 89.4 Å². The second kappa shape index (κ2) is 7.88. The third kappa shape index (κ3) is 3.74. The molecule has 5 rings (SSSR count). The van der Waals surface area contributed by atoms with E-state index in [9.17, 15) is 13.2 Å². The van der Waals surface area contributed by atoms with Crippen LogP contribution >= 0.6 is 11.3 Å². The molecule has 6 nitrogen and oxygen atoms in total. The van der Waals surface area contributed by atoms with Crippen LogP contribution in [-0.4, -0.2) is 29.7 Å². The van der Waals surface area contributed by atoms with Crippen LogP contribution in [0, 0.1) is 0 Å². The quantitative estimate of drug-likeness (QED) is 0.510. The van der Waals surface area contributed by atoms with E-state index in [2.05, 4.69) is 10.3 Å². The Kier molecular flexibility index (Phi) is 5.05. The molecule has 1 aromatic heterocycles. The van der Waals surface area contributed by atoms with E-state index in [4.69, 9.17) is 0 Å². The van der Waals surface area contributed by atoms with Crippen LogP contribution in [0.5, 0.6) is 0 Å². The molecule has 31 heavy (non-hydrogen) atoms. The predicted molar refractivity (Wildman–Crippen MR) is 121 cm³/mol. The fourth-order valence-corrected chi connectivity index (χ4v) is 6.05. The Morgan fingerprint density at radius 1 is 1.00 bits per heavy atom. The van der Waals surface area contributed by atoms with Crippen LogP contribution in [0.1, 0.15) is 11.1 Å². The van der Waals surface area contributed by atoms with Gasteiger partial charge in [0.15, 0.2) is 5.13 Å². The Morgan fingerprint density at radius 3 is 2.52 bits per heavy atom. The van der Waals surface area contributed by atoms with Crippen LogP contribution < -0.4 is 5.32 Å². The number of nitrogens with zero attached hydrogens (tertiary/aromatic N) is 2. The van der Waals surface area contributed by atoms with Gasteiger partial charge in [0.2, 0.25) is 15.9 Å². The van der Waals surface area contributed by atoms with Crippen molar-refractivity contribution in [3.8, 4) is 0 Å². The first kappa shape index (κ1) is 19.9. The highest BCUT2D eigenvalue weighted by molar-refractivity contribution is 7.89. The highest BCUT2D eigenvalue weighted by Gasteiger charge is 2.39. The Bertz CT molecular complexity index is 1370. The number of benzene rings is 3. The van der Waals surface area contributed by atoms with E-state index in [1.165, 1.54) is 15.6 Å². The molecular formula is C23H19N3O3S2. The maximum absolute atomic E-state index is 13.7. The summed E-state index contributed by atoms with van der Waals surface area (Å²) >= 11 is 1.30. The zero-order chi connectivity index (χ0) is 21.4.